The molecular formula is C16H21N3O3S. The largest absolute Gasteiger partial charge is 0.378 e. The lowest BCUT2D eigenvalue weighted by Gasteiger charge is -2.26. The SMILES string of the molecule is CC(C)n1c(C(=O)NCC(=O)N2CCOCC2)cc2sccc21. The Bertz CT molecular complexity index is 713. The van der Waals surface area contributed by atoms with Crippen LogP contribution in [0.15, 0.2) is 17.5 Å². The molecule has 1 aliphatic heterocycles. The maximum Gasteiger partial charge on any atom is 0.268 e. The van der Waals surface area contributed by atoms with E-state index in [1.54, 1.807) is 16.2 Å². The molecule has 0 radical (unpaired) electrons. The number of hydrogen-bond donors (Lipinski definition) is 1. The lowest BCUT2D eigenvalue weighted by atomic mass is 10.3. The van der Waals surface area contributed by atoms with Gasteiger partial charge in [0.15, 0.2) is 0 Å². The maximum absolute atomic E-state index is 12.5. The van der Waals surface area contributed by atoms with Crippen LogP contribution in [0.4, 0.5) is 0 Å². The molecular weight excluding hydrogens is 314 g/mol. The van der Waals surface area contributed by atoms with E-state index in [4.69, 9.17) is 4.74 Å². The summed E-state index contributed by atoms with van der Waals surface area (Å²) in [6.45, 7) is 6.42. The highest BCUT2D eigenvalue weighted by molar-refractivity contribution is 7.17. The van der Waals surface area contributed by atoms with Crippen LogP contribution in [-0.2, 0) is 9.53 Å². The summed E-state index contributed by atoms with van der Waals surface area (Å²) in [4.78, 5) is 26.4. The minimum atomic E-state index is -0.205. The predicted octanol–water partition coefficient (Wildman–Crippen LogP) is 1.87. The number of hydrogen-bond acceptors (Lipinski definition) is 4. The van der Waals surface area contributed by atoms with Crippen LogP contribution < -0.4 is 5.32 Å². The summed E-state index contributed by atoms with van der Waals surface area (Å²) in [5, 5.41) is 4.78. The van der Waals surface area contributed by atoms with Crippen LogP contribution in [0.2, 0.25) is 0 Å². The van der Waals surface area contributed by atoms with E-state index in [1.165, 1.54) is 0 Å². The van der Waals surface area contributed by atoms with Gasteiger partial charge in [0.05, 0.1) is 30.0 Å². The number of fused-ring (bicyclic) bond motifs is 1. The molecule has 0 atom stereocenters. The van der Waals surface area contributed by atoms with E-state index in [-0.39, 0.29) is 24.4 Å². The van der Waals surface area contributed by atoms with Crippen molar-refractivity contribution in [2.24, 2.45) is 0 Å². The topological polar surface area (TPSA) is 63.6 Å². The zero-order chi connectivity index (χ0) is 16.4. The summed E-state index contributed by atoms with van der Waals surface area (Å²) >= 11 is 1.61. The molecule has 3 heterocycles. The molecule has 1 N–H and O–H groups in total. The molecule has 124 valence electrons. The molecule has 0 bridgehead atoms. The normalized spacial score (nSPS) is 15.3. The Kier molecular flexibility index (Phi) is 4.68. The van der Waals surface area contributed by atoms with E-state index in [0.717, 1.165) is 10.2 Å². The third-order valence-corrected chi connectivity index (χ3v) is 4.83. The highest BCUT2D eigenvalue weighted by Gasteiger charge is 2.21. The Morgan fingerprint density at radius 2 is 2.09 bits per heavy atom. The number of thiophene rings is 1. The summed E-state index contributed by atoms with van der Waals surface area (Å²) in [6.07, 6.45) is 0. The number of nitrogens with one attached hydrogen (secondary N) is 1. The van der Waals surface area contributed by atoms with E-state index in [0.29, 0.717) is 32.0 Å². The van der Waals surface area contributed by atoms with Crippen LogP contribution in [-0.4, -0.2) is 54.1 Å². The van der Waals surface area contributed by atoms with Gasteiger partial charge in [-0.25, -0.2) is 0 Å². The molecule has 0 saturated carbocycles. The van der Waals surface area contributed by atoms with Gasteiger partial charge in [-0.1, -0.05) is 0 Å². The van der Waals surface area contributed by atoms with E-state index >= 15 is 0 Å². The Labute approximate surface area is 139 Å². The molecule has 1 fully saturated rings. The van der Waals surface area contributed by atoms with E-state index in [9.17, 15) is 9.59 Å². The molecule has 2 aromatic rings. The van der Waals surface area contributed by atoms with Crippen LogP contribution >= 0.6 is 11.3 Å². The summed E-state index contributed by atoms with van der Waals surface area (Å²) in [5.74, 6) is -0.269. The fourth-order valence-electron chi connectivity index (χ4n) is 2.85. The highest BCUT2D eigenvalue weighted by atomic mass is 32.1. The van der Waals surface area contributed by atoms with E-state index in [2.05, 4.69) is 5.32 Å². The first kappa shape index (κ1) is 16.0. The van der Waals surface area contributed by atoms with Crippen LogP contribution in [0.3, 0.4) is 0 Å². The fraction of sp³-hybridized carbons (Fsp3) is 0.500. The second kappa shape index (κ2) is 6.72. The molecule has 6 nitrogen and oxygen atoms in total. The molecule has 7 heteroatoms. The fourth-order valence-corrected chi connectivity index (χ4v) is 3.66. The van der Waals surface area contributed by atoms with Crippen molar-refractivity contribution in [1.29, 1.82) is 0 Å². The summed E-state index contributed by atoms with van der Waals surface area (Å²) < 4.78 is 8.33. The van der Waals surface area contributed by atoms with Gasteiger partial charge in [-0.3, -0.25) is 9.59 Å². The third kappa shape index (κ3) is 3.25. The lowest BCUT2D eigenvalue weighted by molar-refractivity contribution is -0.134. The standard InChI is InChI=1S/C16H21N3O3S/c1-11(2)19-12-3-8-23-14(12)9-13(19)16(21)17-10-15(20)18-4-6-22-7-5-18/h3,8-9,11H,4-7,10H2,1-2H3,(H,17,21). The van der Waals surface area contributed by atoms with Crippen molar-refractivity contribution in [2.45, 2.75) is 19.9 Å². The van der Waals surface area contributed by atoms with Gasteiger partial charge in [0, 0.05) is 19.1 Å². The van der Waals surface area contributed by atoms with Gasteiger partial charge in [0.1, 0.15) is 5.69 Å². The molecule has 0 aliphatic carbocycles. The van der Waals surface area contributed by atoms with Crippen molar-refractivity contribution in [2.75, 3.05) is 32.8 Å². The monoisotopic (exact) mass is 335 g/mol. The van der Waals surface area contributed by atoms with Crippen molar-refractivity contribution in [3.63, 3.8) is 0 Å². The average Bonchev–Trinajstić information content (AvgIpc) is 3.13. The number of amides is 2. The number of ether oxygens (including phenoxy) is 1. The second-order valence-electron chi connectivity index (χ2n) is 5.84. The van der Waals surface area contributed by atoms with Crippen molar-refractivity contribution in [3.8, 4) is 0 Å². The molecule has 0 unspecified atom stereocenters. The van der Waals surface area contributed by atoms with Gasteiger partial charge in [-0.2, -0.15) is 0 Å². The van der Waals surface area contributed by atoms with Gasteiger partial charge in [-0.15, -0.1) is 11.3 Å². The minimum absolute atomic E-state index is 0.0236. The Morgan fingerprint density at radius 1 is 1.35 bits per heavy atom. The van der Waals surface area contributed by atoms with Crippen molar-refractivity contribution >= 4 is 33.4 Å². The highest BCUT2D eigenvalue weighted by Crippen LogP contribution is 2.28. The second-order valence-corrected chi connectivity index (χ2v) is 6.79. The summed E-state index contributed by atoms with van der Waals surface area (Å²) in [7, 11) is 0. The molecule has 2 aromatic heterocycles. The Balaban J connectivity index is 1.69. The third-order valence-electron chi connectivity index (χ3n) is 3.97. The van der Waals surface area contributed by atoms with Crippen LogP contribution in [0.25, 0.3) is 10.2 Å². The number of carbonyl (C=O) groups is 2. The van der Waals surface area contributed by atoms with Crippen molar-refractivity contribution < 1.29 is 14.3 Å². The smallest absolute Gasteiger partial charge is 0.268 e. The van der Waals surface area contributed by atoms with Crippen molar-refractivity contribution in [1.82, 2.24) is 14.8 Å². The zero-order valence-electron chi connectivity index (χ0n) is 13.4. The number of rotatable bonds is 4. The number of morpholine rings is 1. The Hall–Kier alpha value is -1.86. The number of nitrogens with zero attached hydrogens (tertiary/aromatic N) is 2. The molecule has 1 aliphatic rings. The van der Waals surface area contributed by atoms with Gasteiger partial charge in [0.2, 0.25) is 5.91 Å². The zero-order valence-corrected chi connectivity index (χ0v) is 14.2. The van der Waals surface area contributed by atoms with E-state index in [1.807, 2.05) is 35.9 Å². The Morgan fingerprint density at radius 3 is 2.78 bits per heavy atom. The van der Waals surface area contributed by atoms with Gasteiger partial charge in [0.25, 0.3) is 5.91 Å². The first-order chi connectivity index (χ1) is 11.1. The summed E-state index contributed by atoms with van der Waals surface area (Å²) in [5.41, 5.74) is 1.67. The molecule has 2 amide bonds. The number of aromatic nitrogens is 1. The molecule has 3 rings (SSSR count). The first-order valence-corrected chi connectivity index (χ1v) is 8.68. The van der Waals surface area contributed by atoms with Gasteiger partial charge < -0.3 is 19.5 Å². The van der Waals surface area contributed by atoms with Crippen LogP contribution in [0, 0.1) is 0 Å². The first-order valence-electron chi connectivity index (χ1n) is 7.80. The minimum Gasteiger partial charge on any atom is -0.378 e. The summed E-state index contributed by atoms with van der Waals surface area (Å²) in [6, 6.07) is 4.10. The predicted molar refractivity (Wildman–Crippen MR) is 89.9 cm³/mol. The van der Waals surface area contributed by atoms with Gasteiger partial charge >= 0.3 is 0 Å². The maximum atomic E-state index is 12.5. The number of carbonyl (C=O) groups excluding carboxylic acids is 2. The quantitative estimate of drug-likeness (QED) is 0.928. The van der Waals surface area contributed by atoms with Gasteiger partial charge in [-0.05, 0) is 31.4 Å². The van der Waals surface area contributed by atoms with Crippen LogP contribution in [0.1, 0.15) is 30.4 Å². The van der Waals surface area contributed by atoms with Crippen LogP contribution in [0.5, 0.6) is 0 Å². The lowest BCUT2D eigenvalue weighted by Crippen LogP contribution is -2.45. The average molecular weight is 335 g/mol. The van der Waals surface area contributed by atoms with Crippen molar-refractivity contribution in [3.05, 3.63) is 23.2 Å². The van der Waals surface area contributed by atoms with E-state index < -0.39 is 0 Å². The molecule has 0 spiro atoms. The molecule has 23 heavy (non-hydrogen) atoms. The molecule has 1 saturated heterocycles. The molecule has 0 aromatic carbocycles.